The number of para-hydroxylation sites is 1. The Morgan fingerprint density at radius 3 is 2.69 bits per heavy atom. The number of halogens is 1. The minimum absolute atomic E-state index is 0.0992. The minimum Gasteiger partial charge on any atom is -0.326 e. The van der Waals surface area contributed by atoms with Gasteiger partial charge in [0.25, 0.3) is 0 Å². The summed E-state index contributed by atoms with van der Waals surface area (Å²) in [6, 6.07) is 7.85. The fourth-order valence-electron chi connectivity index (χ4n) is 1.39. The Morgan fingerprint density at radius 1 is 1.38 bits per heavy atom. The number of amides is 1. The Hall–Kier alpha value is -0.830. The van der Waals surface area contributed by atoms with Crippen LogP contribution in [0, 0.1) is 5.92 Å². The monoisotopic (exact) mass is 283 g/mol. The number of carbonyl (C=O) groups excluding carboxylic acids is 1. The van der Waals surface area contributed by atoms with Gasteiger partial charge in [-0.15, -0.1) is 0 Å². The average Bonchev–Trinajstić information content (AvgIpc) is 2.27. The second-order valence-electron chi connectivity index (χ2n) is 4.27. The summed E-state index contributed by atoms with van der Waals surface area (Å²) < 4.78 is 0. The summed E-state index contributed by atoms with van der Waals surface area (Å²) in [7, 11) is 0. The van der Waals surface area contributed by atoms with E-state index in [0.29, 0.717) is 12.3 Å². The third-order valence-electron chi connectivity index (χ3n) is 2.38. The molecule has 88 valence electrons. The van der Waals surface area contributed by atoms with Crippen molar-refractivity contribution in [2.75, 3.05) is 5.32 Å². The summed E-state index contributed by atoms with van der Waals surface area (Å²) in [4.78, 5) is 11.7. The zero-order valence-corrected chi connectivity index (χ0v) is 11.4. The maximum atomic E-state index is 11.7. The lowest BCUT2D eigenvalue weighted by Crippen LogP contribution is -2.13. The predicted molar refractivity (Wildman–Crippen MR) is 71.8 cm³/mol. The zero-order valence-electron chi connectivity index (χ0n) is 9.79. The summed E-state index contributed by atoms with van der Waals surface area (Å²) >= 11 is 3.41. The van der Waals surface area contributed by atoms with E-state index in [2.05, 4.69) is 35.1 Å². The van der Waals surface area contributed by atoms with Crippen molar-refractivity contribution in [2.24, 2.45) is 5.92 Å². The molecule has 0 aliphatic heterocycles. The van der Waals surface area contributed by atoms with Crippen LogP contribution in [0.1, 0.15) is 32.3 Å². The predicted octanol–water partition coefficient (Wildman–Crippen LogP) is 3.96. The lowest BCUT2D eigenvalue weighted by Gasteiger charge is -2.09. The molecule has 1 amide bonds. The van der Waals surface area contributed by atoms with Gasteiger partial charge in [0.1, 0.15) is 0 Å². The maximum Gasteiger partial charge on any atom is 0.224 e. The number of carbonyl (C=O) groups is 1. The first kappa shape index (κ1) is 13.2. The number of benzene rings is 1. The molecule has 0 aromatic heterocycles. The highest BCUT2D eigenvalue weighted by Gasteiger charge is 2.06. The standard InChI is InChI=1S/C13H18BrNO/c1-10(2)7-8-13(16)15-12-6-4-3-5-11(12)9-14/h3-6,10H,7-9H2,1-2H3,(H,15,16). The molecule has 0 saturated heterocycles. The first-order chi connectivity index (χ1) is 7.63. The van der Waals surface area contributed by atoms with Crippen LogP contribution in [0.15, 0.2) is 24.3 Å². The van der Waals surface area contributed by atoms with Crippen molar-refractivity contribution in [3.05, 3.63) is 29.8 Å². The topological polar surface area (TPSA) is 29.1 Å². The summed E-state index contributed by atoms with van der Waals surface area (Å²) in [5.74, 6) is 0.666. The third kappa shape index (κ3) is 4.35. The molecule has 1 rings (SSSR count). The summed E-state index contributed by atoms with van der Waals surface area (Å²) in [6.07, 6.45) is 1.52. The molecule has 1 aromatic rings. The van der Waals surface area contributed by atoms with Crippen LogP contribution in [0.4, 0.5) is 5.69 Å². The van der Waals surface area contributed by atoms with Gasteiger partial charge in [0.05, 0.1) is 0 Å². The van der Waals surface area contributed by atoms with Gasteiger partial charge in [-0.1, -0.05) is 48.0 Å². The number of hydrogen-bond acceptors (Lipinski definition) is 1. The Morgan fingerprint density at radius 2 is 2.06 bits per heavy atom. The summed E-state index contributed by atoms with van der Waals surface area (Å²) in [5.41, 5.74) is 2.02. The van der Waals surface area contributed by atoms with Gasteiger partial charge in [0.15, 0.2) is 0 Å². The van der Waals surface area contributed by atoms with Crippen LogP contribution in [0.3, 0.4) is 0 Å². The molecule has 3 heteroatoms. The van der Waals surface area contributed by atoms with Crippen molar-refractivity contribution in [2.45, 2.75) is 32.0 Å². The smallest absolute Gasteiger partial charge is 0.224 e. The largest absolute Gasteiger partial charge is 0.326 e. The van der Waals surface area contributed by atoms with Crippen molar-refractivity contribution >= 4 is 27.5 Å². The van der Waals surface area contributed by atoms with Gasteiger partial charge in [0.2, 0.25) is 5.91 Å². The molecular weight excluding hydrogens is 266 g/mol. The normalized spacial score (nSPS) is 10.5. The summed E-state index contributed by atoms with van der Waals surface area (Å²) in [6.45, 7) is 4.25. The molecule has 1 aromatic carbocycles. The van der Waals surface area contributed by atoms with Crippen LogP contribution in [-0.2, 0) is 10.1 Å². The van der Waals surface area contributed by atoms with Crippen molar-refractivity contribution in [1.29, 1.82) is 0 Å². The molecule has 0 bridgehead atoms. The van der Waals surface area contributed by atoms with E-state index >= 15 is 0 Å². The minimum atomic E-state index is 0.0992. The van der Waals surface area contributed by atoms with Gasteiger partial charge in [-0.3, -0.25) is 4.79 Å². The van der Waals surface area contributed by atoms with Crippen molar-refractivity contribution in [3.8, 4) is 0 Å². The van der Waals surface area contributed by atoms with Gasteiger partial charge in [-0.25, -0.2) is 0 Å². The molecule has 0 aliphatic carbocycles. The van der Waals surface area contributed by atoms with E-state index in [4.69, 9.17) is 0 Å². The molecule has 0 aliphatic rings. The number of alkyl halides is 1. The van der Waals surface area contributed by atoms with E-state index < -0.39 is 0 Å². The Balaban J connectivity index is 2.55. The lowest BCUT2D eigenvalue weighted by molar-refractivity contribution is -0.116. The Bertz CT molecular complexity index is 350. The van der Waals surface area contributed by atoms with E-state index in [1.54, 1.807) is 0 Å². The highest BCUT2D eigenvalue weighted by atomic mass is 79.9. The molecule has 1 N–H and O–H groups in total. The van der Waals surface area contributed by atoms with Gasteiger partial charge < -0.3 is 5.32 Å². The van der Waals surface area contributed by atoms with E-state index in [1.807, 2.05) is 24.3 Å². The Kier molecular flexibility index (Phi) is 5.53. The van der Waals surface area contributed by atoms with Gasteiger partial charge in [-0.05, 0) is 24.0 Å². The first-order valence-corrected chi connectivity index (χ1v) is 6.69. The average molecular weight is 284 g/mol. The van der Waals surface area contributed by atoms with E-state index in [0.717, 1.165) is 23.0 Å². The highest BCUT2D eigenvalue weighted by molar-refractivity contribution is 9.08. The number of rotatable bonds is 5. The second-order valence-corrected chi connectivity index (χ2v) is 4.83. The van der Waals surface area contributed by atoms with Crippen LogP contribution in [0.5, 0.6) is 0 Å². The quantitative estimate of drug-likeness (QED) is 0.815. The van der Waals surface area contributed by atoms with Crippen LogP contribution in [0.25, 0.3) is 0 Å². The van der Waals surface area contributed by atoms with Crippen LogP contribution < -0.4 is 5.32 Å². The van der Waals surface area contributed by atoms with Gasteiger partial charge >= 0.3 is 0 Å². The number of hydrogen-bond donors (Lipinski definition) is 1. The molecule has 0 atom stereocenters. The zero-order chi connectivity index (χ0) is 12.0. The van der Waals surface area contributed by atoms with Crippen LogP contribution in [0.2, 0.25) is 0 Å². The molecule has 0 spiro atoms. The maximum absolute atomic E-state index is 11.7. The highest BCUT2D eigenvalue weighted by Crippen LogP contribution is 2.18. The molecule has 2 nitrogen and oxygen atoms in total. The van der Waals surface area contributed by atoms with E-state index in [-0.39, 0.29) is 5.91 Å². The fourth-order valence-corrected chi connectivity index (χ4v) is 1.88. The number of anilines is 1. The van der Waals surface area contributed by atoms with E-state index in [1.165, 1.54) is 0 Å². The van der Waals surface area contributed by atoms with Crippen LogP contribution in [-0.4, -0.2) is 5.91 Å². The van der Waals surface area contributed by atoms with Crippen molar-refractivity contribution in [3.63, 3.8) is 0 Å². The van der Waals surface area contributed by atoms with Gasteiger partial charge in [0, 0.05) is 17.4 Å². The third-order valence-corrected chi connectivity index (χ3v) is 2.99. The van der Waals surface area contributed by atoms with Crippen LogP contribution >= 0.6 is 15.9 Å². The molecule has 0 unspecified atom stereocenters. The SMILES string of the molecule is CC(C)CCC(=O)Nc1ccccc1CBr. The molecular formula is C13H18BrNO. The molecule has 0 fully saturated rings. The lowest BCUT2D eigenvalue weighted by atomic mass is 10.1. The van der Waals surface area contributed by atoms with Crippen molar-refractivity contribution < 1.29 is 4.79 Å². The molecule has 16 heavy (non-hydrogen) atoms. The first-order valence-electron chi connectivity index (χ1n) is 5.57. The summed E-state index contributed by atoms with van der Waals surface area (Å²) in [5, 5.41) is 3.71. The molecule has 0 radical (unpaired) electrons. The Labute approximate surface area is 106 Å². The van der Waals surface area contributed by atoms with E-state index in [9.17, 15) is 4.79 Å². The van der Waals surface area contributed by atoms with Gasteiger partial charge in [-0.2, -0.15) is 0 Å². The van der Waals surface area contributed by atoms with Crippen molar-refractivity contribution in [1.82, 2.24) is 0 Å². The molecule has 0 heterocycles. The number of nitrogens with one attached hydrogen (secondary N) is 1. The molecule has 0 saturated carbocycles. The fraction of sp³-hybridized carbons (Fsp3) is 0.462. The second kappa shape index (κ2) is 6.69.